The van der Waals surface area contributed by atoms with Crippen LogP contribution in [0.1, 0.15) is 48.2 Å². The van der Waals surface area contributed by atoms with Crippen molar-refractivity contribution in [3.8, 4) is 0 Å². The molecule has 1 aromatic heterocycles. The fourth-order valence-corrected chi connectivity index (χ4v) is 5.14. The number of nitrogens with zero attached hydrogens (tertiary/aromatic N) is 3. The lowest BCUT2D eigenvalue weighted by molar-refractivity contribution is -0.123. The first-order valence-electron chi connectivity index (χ1n) is 11.3. The van der Waals surface area contributed by atoms with Gasteiger partial charge in [-0.05, 0) is 37.5 Å². The molecule has 1 aliphatic heterocycles. The molecular weight excluding hydrogens is 446 g/mol. The van der Waals surface area contributed by atoms with Gasteiger partial charge in [-0.1, -0.05) is 36.9 Å². The summed E-state index contributed by atoms with van der Waals surface area (Å²) in [6.45, 7) is 4.99. The zero-order chi connectivity index (χ0) is 22.5. The number of aryl methyl sites for hydroxylation is 1. The molecule has 2 aromatic rings. The summed E-state index contributed by atoms with van der Waals surface area (Å²) in [6.07, 6.45) is 5.88. The van der Waals surface area contributed by atoms with Gasteiger partial charge in [-0.25, -0.2) is 4.98 Å². The van der Waals surface area contributed by atoms with Gasteiger partial charge >= 0.3 is 0 Å². The molecule has 0 atom stereocenters. The summed E-state index contributed by atoms with van der Waals surface area (Å²) in [5, 5.41) is 9.52. The van der Waals surface area contributed by atoms with E-state index in [9.17, 15) is 9.59 Å². The van der Waals surface area contributed by atoms with E-state index in [1.807, 2.05) is 30.0 Å². The highest BCUT2D eigenvalue weighted by atomic mass is 35.5. The van der Waals surface area contributed by atoms with E-state index in [0.717, 1.165) is 24.1 Å². The van der Waals surface area contributed by atoms with Crippen molar-refractivity contribution in [3.05, 3.63) is 39.9 Å². The van der Waals surface area contributed by atoms with Gasteiger partial charge in [0.15, 0.2) is 5.13 Å². The zero-order valence-corrected chi connectivity index (χ0v) is 20.0. The van der Waals surface area contributed by atoms with Crippen molar-refractivity contribution >= 4 is 45.6 Å². The summed E-state index contributed by atoms with van der Waals surface area (Å²) in [5.74, 6) is 0.0339. The second kappa shape index (κ2) is 10.6. The number of anilines is 2. The van der Waals surface area contributed by atoms with Crippen LogP contribution < -0.4 is 10.6 Å². The van der Waals surface area contributed by atoms with Gasteiger partial charge in [0, 0.05) is 48.3 Å². The molecule has 0 spiro atoms. The van der Waals surface area contributed by atoms with Crippen molar-refractivity contribution in [2.45, 2.75) is 45.1 Å². The van der Waals surface area contributed by atoms with E-state index in [4.69, 9.17) is 11.6 Å². The molecule has 0 unspecified atom stereocenters. The maximum atomic E-state index is 12.9. The molecule has 1 aliphatic carbocycles. The molecule has 9 heteroatoms. The van der Waals surface area contributed by atoms with Crippen LogP contribution in [0.4, 0.5) is 10.8 Å². The molecule has 1 saturated heterocycles. The third-order valence-corrected chi connectivity index (χ3v) is 7.15. The number of rotatable bonds is 6. The highest BCUT2D eigenvalue weighted by Gasteiger charge is 2.25. The summed E-state index contributed by atoms with van der Waals surface area (Å²) < 4.78 is 0. The molecule has 1 aromatic carbocycles. The van der Waals surface area contributed by atoms with E-state index >= 15 is 0 Å². The number of carbonyl (C=O) groups excluding carboxylic acids is 2. The van der Waals surface area contributed by atoms with Gasteiger partial charge in [0.1, 0.15) is 5.69 Å². The molecule has 172 valence electrons. The quantitative estimate of drug-likeness (QED) is 0.658. The first-order chi connectivity index (χ1) is 15.5. The lowest BCUT2D eigenvalue weighted by atomic mass is 9.95. The minimum atomic E-state index is -0.0663. The first kappa shape index (κ1) is 23.0. The Labute approximate surface area is 198 Å². The van der Waals surface area contributed by atoms with Crippen LogP contribution in [0.5, 0.6) is 0 Å². The van der Waals surface area contributed by atoms with E-state index in [0.29, 0.717) is 54.6 Å². The molecule has 32 heavy (non-hydrogen) atoms. The topological polar surface area (TPSA) is 77.6 Å². The van der Waals surface area contributed by atoms with Gasteiger partial charge < -0.3 is 15.5 Å². The van der Waals surface area contributed by atoms with Gasteiger partial charge in [-0.15, -0.1) is 11.3 Å². The van der Waals surface area contributed by atoms with E-state index in [-0.39, 0.29) is 11.8 Å². The molecule has 2 heterocycles. The van der Waals surface area contributed by atoms with Crippen LogP contribution in [0.3, 0.4) is 0 Å². The molecule has 2 aliphatic rings. The largest absolute Gasteiger partial charge is 0.352 e. The number of carbonyl (C=O) groups is 2. The summed E-state index contributed by atoms with van der Waals surface area (Å²) in [6, 6.07) is 5.98. The molecule has 0 bridgehead atoms. The normalized spacial score (nSPS) is 17.9. The number of aromatic nitrogens is 1. The molecular formula is C23H30ClN5O2S. The Hall–Kier alpha value is -2.16. The Kier molecular flexibility index (Phi) is 7.65. The molecule has 7 nitrogen and oxygen atoms in total. The summed E-state index contributed by atoms with van der Waals surface area (Å²) in [7, 11) is 0. The minimum Gasteiger partial charge on any atom is -0.352 e. The second-order valence-electron chi connectivity index (χ2n) is 8.59. The number of nitrogens with one attached hydrogen (secondary N) is 2. The monoisotopic (exact) mass is 475 g/mol. The average Bonchev–Trinajstić information content (AvgIpc) is 3.25. The number of thiazole rings is 1. The summed E-state index contributed by atoms with van der Waals surface area (Å²) in [4.78, 5) is 33.7. The van der Waals surface area contributed by atoms with Crippen LogP contribution in [-0.2, 0) is 4.79 Å². The fraction of sp³-hybridized carbons (Fsp3) is 0.522. The van der Waals surface area contributed by atoms with Crippen molar-refractivity contribution in [2.24, 2.45) is 0 Å². The lowest BCUT2D eigenvalue weighted by Gasteiger charge is -2.34. The number of halogens is 1. The van der Waals surface area contributed by atoms with Gasteiger partial charge in [0.25, 0.3) is 5.91 Å². The number of piperazine rings is 1. The third kappa shape index (κ3) is 5.99. The maximum Gasteiger partial charge on any atom is 0.273 e. The van der Waals surface area contributed by atoms with Crippen molar-refractivity contribution in [1.82, 2.24) is 20.1 Å². The molecule has 2 N–H and O–H groups in total. The Morgan fingerprint density at radius 3 is 2.66 bits per heavy atom. The Morgan fingerprint density at radius 2 is 1.91 bits per heavy atom. The highest BCUT2D eigenvalue weighted by molar-refractivity contribution is 7.14. The zero-order valence-electron chi connectivity index (χ0n) is 18.4. The van der Waals surface area contributed by atoms with Crippen LogP contribution >= 0.6 is 22.9 Å². The summed E-state index contributed by atoms with van der Waals surface area (Å²) in [5.41, 5.74) is 2.38. The van der Waals surface area contributed by atoms with Crippen LogP contribution in [0.2, 0.25) is 5.02 Å². The van der Waals surface area contributed by atoms with E-state index < -0.39 is 0 Å². The smallest absolute Gasteiger partial charge is 0.273 e. The Morgan fingerprint density at radius 1 is 1.16 bits per heavy atom. The van der Waals surface area contributed by atoms with Crippen molar-refractivity contribution < 1.29 is 9.59 Å². The molecule has 0 radical (unpaired) electrons. The van der Waals surface area contributed by atoms with Crippen LogP contribution in [0, 0.1) is 6.92 Å². The minimum absolute atomic E-state index is 0.0663. The Bertz CT molecular complexity index is 952. The third-order valence-electron chi connectivity index (χ3n) is 6.16. The number of hydrogen-bond acceptors (Lipinski definition) is 6. The van der Waals surface area contributed by atoms with E-state index in [1.54, 1.807) is 5.38 Å². The molecule has 2 fully saturated rings. The number of hydrogen-bond donors (Lipinski definition) is 2. The summed E-state index contributed by atoms with van der Waals surface area (Å²) >= 11 is 7.49. The SMILES string of the molecule is Cc1ccc(Cl)cc1Nc1nc(C(=O)N2CCN(CC(=O)NC3CCCCC3)CC2)cs1. The fourth-order valence-electron chi connectivity index (χ4n) is 4.27. The van der Waals surface area contributed by atoms with E-state index in [2.05, 4.69) is 20.5 Å². The Balaban J connectivity index is 1.25. The number of benzene rings is 1. The molecule has 1 saturated carbocycles. The predicted octanol–water partition coefficient (Wildman–Crippen LogP) is 4.06. The van der Waals surface area contributed by atoms with Crippen LogP contribution in [0.15, 0.2) is 23.6 Å². The maximum absolute atomic E-state index is 12.9. The van der Waals surface area contributed by atoms with Gasteiger partial charge in [-0.2, -0.15) is 0 Å². The average molecular weight is 476 g/mol. The van der Waals surface area contributed by atoms with E-state index in [1.165, 1.54) is 30.6 Å². The van der Waals surface area contributed by atoms with Crippen LogP contribution in [-0.4, -0.2) is 65.4 Å². The second-order valence-corrected chi connectivity index (χ2v) is 9.89. The highest BCUT2D eigenvalue weighted by Crippen LogP contribution is 2.26. The lowest BCUT2D eigenvalue weighted by Crippen LogP contribution is -2.52. The van der Waals surface area contributed by atoms with Crippen molar-refractivity contribution in [2.75, 3.05) is 38.0 Å². The standard InChI is InChI=1S/C23H30ClN5O2S/c1-16-7-8-17(24)13-19(16)26-23-27-20(15-32-23)22(31)29-11-9-28(10-12-29)14-21(30)25-18-5-3-2-4-6-18/h7-8,13,15,18H,2-6,9-12,14H2,1H3,(H,25,30)(H,26,27). The number of amides is 2. The van der Waals surface area contributed by atoms with Gasteiger partial charge in [0.2, 0.25) is 5.91 Å². The van der Waals surface area contributed by atoms with Gasteiger partial charge in [-0.3, -0.25) is 14.5 Å². The van der Waals surface area contributed by atoms with Crippen molar-refractivity contribution in [3.63, 3.8) is 0 Å². The van der Waals surface area contributed by atoms with Crippen molar-refractivity contribution in [1.29, 1.82) is 0 Å². The first-order valence-corrected chi connectivity index (χ1v) is 12.5. The van der Waals surface area contributed by atoms with Crippen LogP contribution in [0.25, 0.3) is 0 Å². The molecule has 2 amide bonds. The molecule has 4 rings (SSSR count). The van der Waals surface area contributed by atoms with Gasteiger partial charge in [0.05, 0.1) is 6.54 Å². The predicted molar refractivity (Wildman–Crippen MR) is 129 cm³/mol.